The zero-order valence-electron chi connectivity index (χ0n) is 10.0. The van der Waals surface area contributed by atoms with Crippen LogP contribution in [0.5, 0.6) is 0 Å². The number of carbonyl (C=O) groups excluding carboxylic acids is 3. The van der Waals surface area contributed by atoms with Crippen LogP contribution in [0.1, 0.15) is 45.4 Å². The predicted molar refractivity (Wildman–Crippen MR) is 60.2 cm³/mol. The van der Waals surface area contributed by atoms with Gasteiger partial charge in [-0.25, -0.2) is 0 Å². The smallest absolute Gasteiger partial charge is 0.330 e. The summed E-state index contributed by atoms with van der Waals surface area (Å²) >= 11 is 0. The molecule has 0 aromatic heterocycles. The Morgan fingerprint density at radius 2 is 1.78 bits per heavy atom. The van der Waals surface area contributed by atoms with Gasteiger partial charge in [0.25, 0.3) is 0 Å². The molecule has 0 N–H and O–H groups in total. The average molecular weight is 277 g/mol. The topological polar surface area (TPSA) is 97.8 Å². The maximum atomic E-state index is 11.5. The van der Waals surface area contributed by atoms with Crippen LogP contribution >= 0.6 is 0 Å². The first-order valence-electron chi connectivity index (χ1n) is 5.71. The first-order valence-corrected chi connectivity index (χ1v) is 7.08. The lowest BCUT2D eigenvalue weighted by atomic mass is 10.2. The van der Waals surface area contributed by atoms with Crippen LogP contribution in [0.15, 0.2) is 0 Å². The number of hydrogen-bond acceptors (Lipinski definition) is 6. The molecular formula is C10H15NO6S. The minimum atomic E-state index is -4.61. The summed E-state index contributed by atoms with van der Waals surface area (Å²) in [4.78, 5) is 33.7. The Kier molecular flexibility index (Phi) is 4.83. The van der Waals surface area contributed by atoms with Gasteiger partial charge in [0.2, 0.25) is 11.8 Å². The molecular weight excluding hydrogens is 262 g/mol. The number of carbonyl (C=O) groups is 3. The van der Waals surface area contributed by atoms with Crippen molar-refractivity contribution in [3.05, 3.63) is 0 Å². The minimum absolute atomic E-state index is 0.0325. The van der Waals surface area contributed by atoms with E-state index >= 15 is 0 Å². The van der Waals surface area contributed by atoms with Gasteiger partial charge in [0.15, 0.2) is 0 Å². The van der Waals surface area contributed by atoms with Crippen molar-refractivity contribution in [2.24, 2.45) is 0 Å². The van der Waals surface area contributed by atoms with Gasteiger partial charge in [0.1, 0.15) is 0 Å². The van der Waals surface area contributed by atoms with Gasteiger partial charge in [-0.05, 0) is 6.42 Å². The molecule has 0 atom stereocenters. The van der Waals surface area contributed by atoms with E-state index in [0.29, 0.717) is 6.42 Å². The SMILES string of the molecule is CCCCCC(=O)OS(=O)(=O)N1C(=O)CCC1=O. The molecule has 1 fully saturated rings. The van der Waals surface area contributed by atoms with Crippen LogP contribution < -0.4 is 0 Å². The predicted octanol–water partition coefficient (Wildman–Crippen LogP) is 0.504. The summed E-state index contributed by atoms with van der Waals surface area (Å²) in [6.07, 6.45) is 1.76. The Morgan fingerprint density at radius 1 is 1.22 bits per heavy atom. The van der Waals surface area contributed by atoms with Gasteiger partial charge in [0.05, 0.1) is 0 Å². The van der Waals surface area contributed by atoms with Gasteiger partial charge in [0, 0.05) is 19.3 Å². The maximum absolute atomic E-state index is 11.5. The highest BCUT2D eigenvalue weighted by Crippen LogP contribution is 2.18. The molecule has 0 aromatic rings. The fourth-order valence-electron chi connectivity index (χ4n) is 1.52. The van der Waals surface area contributed by atoms with Gasteiger partial charge in [-0.2, -0.15) is 8.42 Å². The third-order valence-corrected chi connectivity index (χ3v) is 3.66. The molecule has 0 aromatic carbocycles. The summed E-state index contributed by atoms with van der Waals surface area (Å²) in [5, 5.41) is 0. The lowest BCUT2D eigenvalue weighted by Crippen LogP contribution is -2.37. The van der Waals surface area contributed by atoms with E-state index in [1.54, 1.807) is 0 Å². The van der Waals surface area contributed by atoms with Crippen molar-refractivity contribution in [1.29, 1.82) is 0 Å². The normalized spacial score (nSPS) is 16.2. The molecule has 102 valence electrons. The summed E-state index contributed by atoms with van der Waals surface area (Å²) in [5.41, 5.74) is 0. The second kappa shape index (κ2) is 5.94. The van der Waals surface area contributed by atoms with Crippen LogP contribution in [0.4, 0.5) is 0 Å². The van der Waals surface area contributed by atoms with Crippen molar-refractivity contribution < 1.29 is 27.0 Å². The highest BCUT2D eigenvalue weighted by atomic mass is 32.2. The summed E-state index contributed by atoms with van der Waals surface area (Å²) in [6, 6.07) is 0. The number of nitrogens with zero attached hydrogens (tertiary/aromatic N) is 1. The van der Waals surface area contributed by atoms with E-state index in [0.717, 1.165) is 12.8 Å². The fraction of sp³-hybridized carbons (Fsp3) is 0.700. The van der Waals surface area contributed by atoms with Gasteiger partial charge < -0.3 is 4.18 Å². The van der Waals surface area contributed by atoms with Crippen LogP contribution in [0.25, 0.3) is 0 Å². The standard InChI is InChI=1S/C10H15NO6S/c1-2-3-4-5-10(14)17-18(15,16)11-8(12)6-7-9(11)13/h2-7H2,1H3. The third-order valence-electron chi connectivity index (χ3n) is 2.41. The van der Waals surface area contributed by atoms with Gasteiger partial charge in [-0.1, -0.05) is 19.8 Å². The minimum Gasteiger partial charge on any atom is -0.330 e. The van der Waals surface area contributed by atoms with E-state index in [-0.39, 0.29) is 23.6 Å². The van der Waals surface area contributed by atoms with Crippen LogP contribution in [0, 0.1) is 0 Å². The van der Waals surface area contributed by atoms with Gasteiger partial charge in [-0.3, -0.25) is 14.4 Å². The Bertz CT molecular complexity index is 439. The van der Waals surface area contributed by atoms with E-state index in [2.05, 4.69) is 4.18 Å². The van der Waals surface area contributed by atoms with Crippen molar-refractivity contribution >= 4 is 28.1 Å². The Morgan fingerprint density at radius 3 is 2.28 bits per heavy atom. The molecule has 1 saturated heterocycles. The number of unbranched alkanes of at least 4 members (excludes halogenated alkanes) is 2. The molecule has 1 aliphatic heterocycles. The van der Waals surface area contributed by atoms with E-state index < -0.39 is 28.1 Å². The van der Waals surface area contributed by atoms with Gasteiger partial charge >= 0.3 is 16.3 Å². The Labute approximate surface area is 105 Å². The molecule has 0 saturated carbocycles. The Hall–Kier alpha value is -1.44. The summed E-state index contributed by atoms with van der Waals surface area (Å²) in [5.74, 6) is -2.67. The first kappa shape index (κ1) is 14.6. The Balaban J connectivity index is 2.62. The highest BCUT2D eigenvalue weighted by molar-refractivity contribution is 7.86. The molecule has 2 amide bonds. The number of amides is 2. The number of imide groups is 1. The van der Waals surface area contributed by atoms with E-state index in [9.17, 15) is 22.8 Å². The van der Waals surface area contributed by atoms with Crippen molar-refractivity contribution in [2.45, 2.75) is 45.4 Å². The zero-order chi connectivity index (χ0) is 13.8. The third kappa shape index (κ3) is 3.52. The summed E-state index contributed by atoms with van der Waals surface area (Å²) in [6.45, 7) is 1.93. The molecule has 18 heavy (non-hydrogen) atoms. The van der Waals surface area contributed by atoms with Crippen LogP contribution in [0.2, 0.25) is 0 Å². The second-order valence-electron chi connectivity index (χ2n) is 3.92. The molecule has 1 rings (SSSR count). The largest absolute Gasteiger partial charge is 0.421 e. The number of hydrogen-bond donors (Lipinski definition) is 0. The molecule has 8 heteroatoms. The molecule has 0 spiro atoms. The van der Waals surface area contributed by atoms with Crippen LogP contribution in [-0.4, -0.2) is 30.5 Å². The van der Waals surface area contributed by atoms with Crippen molar-refractivity contribution in [3.63, 3.8) is 0 Å². The number of rotatable bonds is 6. The second-order valence-corrected chi connectivity index (χ2v) is 5.31. The molecule has 7 nitrogen and oxygen atoms in total. The molecule has 0 bridgehead atoms. The maximum Gasteiger partial charge on any atom is 0.421 e. The van der Waals surface area contributed by atoms with Crippen molar-refractivity contribution in [2.75, 3.05) is 0 Å². The monoisotopic (exact) mass is 277 g/mol. The van der Waals surface area contributed by atoms with Crippen LogP contribution in [0.3, 0.4) is 0 Å². The van der Waals surface area contributed by atoms with E-state index in [1.165, 1.54) is 0 Å². The molecule has 0 radical (unpaired) electrons. The van der Waals surface area contributed by atoms with E-state index in [4.69, 9.17) is 0 Å². The van der Waals surface area contributed by atoms with E-state index in [1.807, 2.05) is 6.92 Å². The molecule has 1 aliphatic rings. The fourth-order valence-corrected chi connectivity index (χ4v) is 2.60. The lowest BCUT2D eigenvalue weighted by Gasteiger charge is -2.13. The first-order chi connectivity index (χ1) is 8.38. The van der Waals surface area contributed by atoms with Crippen LogP contribution in [-0.2, 0) is 28.9 Å². The quantitative estimate of drug-likeness (QED) is 0.518. The van der Waals surface area contributed by atoms with Crippen molar-refractivity contribution in [1.82, 2.24) is 4.31 Å². The average Bonchev–Trinajstić information content (AvgIpc) is 2.58. The highest BCUT2D eigenvalue weighted by Gasteiger charge is 2.41. The molecule has 0 aliphatic carbocycles. The summed E-state index contributed by atoms with van der Waals surface area (Å²) in [7, 11) is -4.61. The van der Waals surface area contributed by atoms with Crippen molar-refractivity contribution in [3.8, 4) is 0 Å². The lowest BCUT2D eigenvalue weighted by molar-refractivity contribution is -0.135. The molecule has 1 heterocycles. The van der Waals surface area contributed by atoms with Gasteiger partial charge in [-0.15, -0.1) is 4.31 Å². The zero-order valence-corrected chi connectivity index (χ0v) is 10.9. The molecule has 0 unspecified atom stereocenters. The summed E-state index contributed by atoms with van der Waals surface area (Å²) < 4.78 is 27.3.